The Labute approximate surface area is 122 Å². The highest BCUT2D eigenvalue weighted by molar-refractivity contribution is 5.94. The predicted octanol–water partition coefficient (Wildman–Crippen LogP) is 1.47. The van der Waals surface area contributed by atoms with Crippen molar-refractivity contribution in [2.45, 2.75) is 37.8 Å². The van der Waals surface area contributed by atoms with E-state index in [4.69, 9.17) is 9.84 Å². The maximum absolute atomic E-state index is 12.3. The Morgan fingerprint density at radius 2 is 2.05 bits per heavy atom. The molecule has 1 saturated heterocycles. The molecule has 6 heteroatoms. The molecule has 0 bridgehead atoms. The summed E-state index contributed by atoms with van der Waals surface area (Å²) in [4.78, 5) is 27.1. The van der Waals surface area contributed by atoms with Gasteiger partial charge in [0.25, 0.3) is 5.91 Å². The molecule has 0 aromatic carbocycles. The van der Waals surface area contributed by atoms with E-state index in [-0.39, 0.29) is 29.4 Å². The van der Waals surface area contributed by atoms with Crippen LogP contribution in [0.25, 0.3) is 0 Å². The molecule has 3 unspecified atom stereocenters. The first kappa shape index (κ1) is 14.0. The van der Waals surface area contributed by atoms with Crippen molar-refractivity contribution in [3.63, 3.8) is 0 Å². The van der Waals surface area contributed by atoms with Crippen molar-refractivity contribution in [3.05, 3.63) is 29.6 Å². The van der Waals surface area contributed by atoms with E-state index in [1.807, 2.05) is 0 Å². The van der Waals surface area contributed by atoms with E-state index in [2.05, 4.69) is 10.3 Å². The standard InChI is InChI=1S/C15H18N2O4/c18-14(11-4-1-5-12(16-11)15(19)20)17-10-3-2-6-13-9(10)7-8-21-13/h1,4-5,9-10,13H,2-3,6-8H2,(H,17,18)(H,19,20). The van der Waals surface area contributed by atoms with Crippen molar-refractivity contribution in [2.24, 2.45) is 5.92 Å². The average molecular weight is 290 g/mol. The molecule has 2 N–H and O–H groups in total. The number of nitrogens with one attached hydrogen (secondary N) is 1. The number of amides is 1. The number of rotatable bonds is 3. The predicted molar refractivity (Wildman–Crippen MR) is 74.1 cm³/mol. The summed E-state index contributed by atoms with van der Waals surface area (Å²) in [7, 11) is 0. The van der Waals surface area contributed by atoms with Gasteiger partial charge >= 0.3 is 5.97 Å². The second kappa shape index (κ2) is 5.81. The van der Waals surface area contributed by atoms with Gasteiger partial charge < -0.3 is 15.2 Å². The van der Waals surface area contributed by atoms with E-state index in [9.17, 15) is 9.59 Å². The number of hydrogen-bond donors (Lipinski definition) is 2. The Kier molecular flexibility index (Phi) is 3.88. The van der Waals surface area contributed by atoms with E-state index in [1.54, 1.807) is 0 Å². The number of carbonyl (C=O) groups is 2. The number of carbonyl (C=O) groups excluding carboxylic acids is 1. The Morgan fingerprint density at radius 1 is 1.24 bits per heavy atom. The van der Waals surface area contributed by atoms with Crippen molar-refractivity contribution >= 4 is 11.9 Å². The number of ether oxygens (including phenoxy) is 1. The van der Waals surface area contributed by atoms with Gasteiger partial charge in [-0.05, 0) is 37.8 Å². The van der Waals surface area contributed by atoms with E-state index < -0.39 is 5.97 Å². The van der Waals surface area contributed by atoms with Gasteiger partial charge in [-0.1, -0.05) is 6.07 Å². The molecule has 3 atom stereocenters. The molecule has 1 aromatic rings. The average Bonchev–Trinajstić information content (AvgIpc) is 2.97. The molecule has 21 heavy (non-hydrogen) atoms. The molecule has 1 aliphatic heterocycles. The number of aromatic nitrogens is 1. The van der Waals surface area contributed by atoms with Gasteiger partial charge in [0, 0.05) is 18.6 Å². The van der Waals surface area contributed by atoms with Gasteiger partial charge in [-0.25, -0.2) is 9.78 Å². The smallest absolute Gasteiger partial charge is 0.354 e. The lowest BCUT2D eigenvalue weighted by Crippen LogP contribution is -2.45. The van der Waals surface area contributed by atoms with Crippen molar-refractivity contribution in [1.82, 2.24) is 10.3 Å². The largest absolute Gasteiger partial charge is 0.477 e. The minimum Gasteiger partial charge on any atom is -0.477 e. The van der Waals surface area contributed by atoms with E-state index in [0.717, 1.165) is 32.3 Å². The maximum atomic E-state index is 12.3. The van der Waals surface area contributed by atoms with Gasteiger partial charge in [0.2, 0.25) is 0 Å². The lowest BCUT2D eigenvalue weighted by molar-refractivity contribution is 0.0509. The number of pyridine rings is 1. The highest BCUT2D eigenvalue weighted by atomic mass is 16.5. The molecule has 0 spiro atoms. The fourth-order valence-electron chi connectivity index (χ4n) is 3.28. The third-order valence-corrected chi connectivity index (χ3v) is 4.30. The second-order valence-electron chi connectivity index (χ2n) is 5.59. The number of fused-ring (bicyclic) bond motifs is 1. The quantitative estimate of drug-likeness (QED) is 0.880. The van der Waals surface area contributed by atoms with Crippen LogP contribution in [-0.4, -0.2) is 40.7 Å². The number of hydrogen-bond acceptors (Lipinski definition) is 4. The molecule has 0 radical (unpaired) electrons. The molecule has 3 rings (SSSR count). The minimum atomic E-state index is -1.13. The van der Waals surface area contributed by atoms with Crippen molar-refractivity contribution in [1.29, 1.82) is 0 Å². The molecule has 1 aliphatic carbocycles. The summed E-state index contributed by atoms with van der Waals surface area (Å²) >= 11 is 0. The zero-order chi connectivity index (χ0) is 14.8. The van der Waals surface area contributed by atoms with Crippen molar-refractivity contribution in [3.8, 4) is 0 Å². The van der Waals surface area contributed by atoms with Crippen LogP contribution >= 0.6 is 0 Å². The number of aromatic carboxylic acids is 1. The summed E-state index contributed by atoms with van der Waals surface area (Å²) in [5.41, 5.74) is 0.0318. The van der Waals surface area contributed by atoms with E-state index in [0.29, 0.717) is 5.92 Å². The van der Waals surface area contributed by atoms with Gasteiger partial charge in [0.15, 0.2) is 0 Å². The van der Waals surface area contributed by atoms with Crippen LogP contribution in [0.3, 0.4) is 0 Å². The monoisotopic (exact) mass is 290 g/mol. The number of carboxylic acids is 1. The first-order valence-electron chi connectivity index (χ1n) is 7.28. The molecule has 6 nitrogen and oxygen atoms in total. The highest BCUT2D eigenvalue weighted by Crippen LogP contribution is 2.34. The Bertz CT molecular complexity index is 560. The maximum Gasteiger partial charge on any atom is 0.354 e. The zero-order valence-corrected chi connectivity index (χ0v) is 11.6. The topological polar surface area (TPSA) is 88.5 Å². The van der Waals surface area contributed by atoms with Crippen LogP contribution in [0.4, 0.5) is 0 Å². The van der Waals surface area contributed by atoms with Crippen LogP contribution in [0.15, 0.2) is 18.2 Å². The summed E-state index contributed by atoms with van der Waals surface area (Å²) in [6.45, 7) is 0.758. The van der Waals surface area contributed by atoms with Crippen LogP contribution < -0.4 is 5.32 Å². The number of carboxylic acid groups (broad SMARTS) is 1. The molecule has 2 aliphatic rings. The molecule has 112 valence electrons. The summed E-state index contributed by atoms with van der Waals surface area (Å²) in [5.74, 6) is -1.08. The third kappa shape index (κ3) is 2.90. The van der Waals surface area contributed by atoms with Crippen LogP contribution in [-0.2, 0) is 4.74 Å². The Morgan fingerprint density at radius 3 is 2.86 bits per heavy atom. The summed E-state index contributed by atoms with van der Waals surface area (Å²) in [6.07, 6.45) is 4.26. The van der Waals surface area contributed by atoms with E-state index >= 15 is 0 Å². The van der Waals surface area contributed by atoms with Crippen LogP contribution in [0.1, 0.15) is 46.7 Å². The fraction of sp³-hybridized carbons (Fsp3) is 0.533. The second-order valence-corrected chi connectivity index (χ2v) is 5.59. The summed E-state index contributed by atoms with van der Waals surface area (Å²) in [5, 5.41) is 11.9. The Balaban J connectivity index is 1.71. The third-order valence-electron chi connectivity index (χ3n) is 4.30. The fourth-order valence-corrected chi connectivity index (χ4v) is 3.28. The van der Waals surface area contributed by atoms with Gasteiger partial charge in [0.1, 0.15) is 11.4 Å². The summed E-state index contributed by atoms with van der Waals surface area (Å²) in [6, 6.07) is 4.54. The molecule has 1 amide bonds. The molecule has 2 heterocycles. The molecule has 1 saturated carbocycles. The first-order chi connectivity index (χ1) is 10.1. The molecule has 1 aromatic heterocycles. The van der Waals surface area contributed by atoms with Crippen LogP contribution in [0.2, 0.25) is 0 Å². The molecule has 2 fully saturated rings. The summed E-state index contributed by atoms with van der Waals surface area (Å²) < 4.78 is 5.68. The van der Waals surface area contributed by atoms with Crippen LogP contribution in [0, 0.1) is 5.92 Å². The zero-order valence-electron chi connectivity index (χ0n) is 11.6. The lowest BCUT2D eigenvalue weighted by Gasteiger charge is -2.33. The van der Waals surface area contributed by atoms with Gasteiger partial charge in [-0.3, -0.25) is 4.79 Å². The Hall–Kier alpha value is -1.95. The van der Waals surface area contributed by atoms with Gasteiger partial charge in [-0.15, -0.1) is 0 Å². The molecular formula is C15H18N2O4. The van der Waals surface area contributed by atoms with Gasteiger partial charge in [0.05, 0.1) is 6.10 Å². The number of nitrogens with zero attached hydrogens (tertiary/aromatic N) is 1. The van der Waals surface area contributed by atoms with Crippen LogP contribution in [0.5, 0.6) is 0 Å². The highest BCUT2D eigenvalue weighted by Gasteiger charge is 2.38. The van der Waals surface area contributed by atoms with E-state index in [1.165, 1.54) is 18.2 Å². The molecular weight excluding hydrogens is 272 g/mol. The van der Waals surface area contributed by atoms with Crippen molar-refractivity contribution in [2.75, 3.05) is 6.61 Å². The SMILES string of the molecule is O=C(O)c1cccc(C(=O)NC2CCCC3OCCC23)n1. The lowest BCUT2D eigenvalue weighted by atomic mass is 9.82. The van der Waals surface area contributed by atoms with Gasteiger partial charge in [-0.2, -0.15) is 0 Å². The first-order valence-corrected chi connectivity index (χ1v) is 7.28. The normalized spacial score (nSPS) is 27.9. The minimum absolute atomic E-state index is 0.0917. The van der Waals surface area contributed by atoms with Crippen molar-refractivity contribution < 1.29 is 19.4 Å².